The molecule has 0 saturated carbocycles. The van der Waals surface area contributed by atoms with Gasteiger partial charge in [-0.2, -0.15) is 0 Å². The number of aryl methyl sites for hydroxylation is 1. The summed E-state index contributed by atoms with van der Waals surface area (Å²) in [5.41, 5.74) is 5.06. The monoisotopic (exact) mass is 270 g/mol. The predicted octanol–water partition coefficient (Wildman–Crippen LogP) is 3.43. The number of halogens is 1. The van der Waals surface area contributed by atoms with E-state index in [4.69, 9.17) is 10.3 Å². The van der Waals surface area contributed by atoms with Gasteiger partial charge >= 0.3 is 0 Å². The van der Waals surface area contributed by atoms with Crippen LogP contribution in [-0.4, -0.2) is 0 Å². The molecule has 2 aromatic carbocycles. The lowest BCUT2D eigenvalue weighted by Crippen LogP contribution is -2.28. The van der Waals surface area contributed by atoms with Gasteiger partial charge in [0, 0.05) is 5.39 Å². The molecule has 0 aliphatic heterocycles. The molecular weight excluding hydrogens is 255 g/mol. The lowest BCUT2D eigenvalue weighted by molar-refractivity contribution is 0.475. The van der Waals surface area contributed by atoms with Gasteiger partial charge in [0.1, 0.15) is 23.2 Å². The molecule has 0 aliphatic carbocycles. The average molecular weight is 270 g/mol. The summed E-state index contributed by atoms with van der Waals surface area (Å²) in [6, 6.07) is 14.1. The fourth-order valence-corrected chi connectivity index (χ4v) is 2.42. The number of furan rings is 1. The largest absolute Gasteiger partial charge is 0.459 e. The number of nitrogens with two attached hydrogens (primary N) is 1. The van der Waals surface area contributed by atoms with Crippen LogP contribution in [0.3, 0.4) is 0 Å². The molecule has 0 bridgehead atoms. The first kappa shape index (κ1) is 12.8. The minimum absolute atomic E-state index is 0.281. The summed E-state index contributed by atoms with van der Waals surface area (Å²) in [4.78, 5) is 0. The highest BCUT2D eigenvalue weighted by atomic mass is 19.1. The third-order valence-corrected chi connectivity index (χ3v) is 3.29. The Kier molecular flexibility index (Phi) is 3.26. The molecule has 0 radical (unpaired) electrons. The van der Waals surface area contributed by atoms with Crippen LogP contribution in [0.4, 0.5) is 4.39 Å². The van der Waals surface area contributed by atoms with Gasteiger partial charge in [-0.3, -0.25) is 5.84 Å². The number of rotatable bonds is 3. The number of nitrogens with one attached hydrogen (secondary N) is 1. The SMILES string of the molecule is Cc1cc(F)cc(C(NN)c2cc3ccccc3o2)c1. The van der Waals surface area contributed by atoms with E-state index in [1.807, 2.05) is 43.3 Å². The Labute approximate surface area is 116 Å². The topological polar surface area (TPSA) is 51.2 Å². The quantitative estimate of drug-likeness (QED) is 0.566. The lowest BCUT2D eigenvalue weighted by Gasteiger charge is -2.14. The molecule has 0 aliphatic rings. The lowest BCUT2D eigenvalue weighted by atomic mass is 10.0. The highest BCUT2D eigenvalue weighted by molar-refractivity contribution is 5.77. The molecule has 0 amide bonds. The minimum atomic E-state index is -0.378. The van der Waals surface area contributed by atoms with Crippen LogP contribution in [0.5, 0.6) is 0 Å². The molecule has 3 rings (SSSR count). The average Bonchev–Trinajstić information content (AvgIpc) is 2.81. The Morgan fingerprint density at radius 3 is 2.65 bits per heavy atom. The van der Waals surface area contributed by atoms with E-state index in [9.17, 15) is 4.39 Å². The van der Waals surface area contributed by atoms with Gasteiger partial charge in [-0.15, -0.1) is 0 Å². The molecule has 3 N–H and O–H groups in total. The molecule has 1 unspecified atom stereocenters. The summed E-state index contributed by atoms with van der Waals surface area (Å²) >= 11 is 0. The van der Waals surface area contributed by atoms with Crippen molar-refractivity contribution in [2.45, 2.75) is 13.0 Å². The fraction of sp³-hybridized carbons (Fsp3) is 0.125. The standard InChI is InChI=1S/C16H15FN2O/c1-10-6-12(8-13(17)7-10)16(19-18)15-9-11-4-2-3-5-14(11)20-15/h2-9,16,19H,18H2,1H3. The van der Waals surface area contributed by atoms with Gasteiger partial charge in [-0.1, -0.05) is 24.3 Å². The van der Waals surface area contributed by atoms with Crippen molar-refractivity contribution in [3.63, 3.8) is 0 Å². The molecular formula is C16H15FN2O. The maximum Gasteiger partial charge on any atom is 0.134 e. The summed E-state index contributed by atoms with van der Waals surface area (Å²) in [7, 11) is 0. The van der Waals surface area contributed by atoms with Crippen molar-refractivity contribution < 1.29 is 8.81 Å². The molecule has 4 heteroatoms. The van der Waals surface area contributed by atoms with E-state index in [-0.39, 0.29) is 11.9 Å². The van der Waals surface area contributed by atoms with E-state index >= 15 is 0 Å². The third-order valence-electron chi connectivity index (χ3n) is 3.29. The molecule has 0 fully saturated rings. The van der Waals surface area contributed by atoms with Crippen LogP contribution in [0.2, 0.25) is 0 Å². The third kappa shape index (κ3) is 2.31. The van der Waals surface area contributed by atoms with Crippen LogP contribution in [-0.2, 0) is 0 Å². The van der Waals surface area contributed by atoms with Gasteiger partial charge in [0.2, 0.25) is 0 Å². The number of hydrazine groups is 1. The summed E-state index contributed by atoms with van der Waals surface area (Å²) < 4.78 is 19.3. The zero-order valence-electron chi connectivity index (χ0n) is 11.1. The number of benzene rings is 2. The van der Waals surface area contributed by atoms with Gasteiger partial charge in [0.15, 0.2) is 0 Å². The number of hydrogen-bond donors (Lipinski definition) is 2. The zero-order chi connectivity index (χ0) is 14.1. The van der Waals surface area contributed by atoms with Gasteiger partial charge in [0.05, 0.1) is 0 Å². The van der Waals surface area contributed by atoms with E-state index in [1.165, 1.54) is 12.1 Å². The smallest absolute Gasteiger partial charge is 0.134 e. The van der Waals surface area contributed by atoms with Crippen molar-refractivity contribution in [2.24, 2.45) is 5.84 Å². The maximum absolute atomic E-state index is 13.5. The second-order valence-electron chi connectivity index (χ2n) is 4.85. The van der Waals surface area contributed by atoms with E-state index < -0.39 is 0 Å². The Bertz CT molecular complexity index is 698. The van der Waals surface area contributed by atoms with Gasteiger partial charge in [0.25, 0.3) is 0 Å². The Morgan fingerprint density at radius 2 is 1.95 bits per heavy atom. The van der Waals surface area contributed by atoms with E-state index in [0.29, 0.717) is 5.76 Å². The van der Waals surface area contributed by atoms with Crippen molar-refractivity contribution in [1.82, 2.24) is 5.43 Å². The van der Waals surface area contributed by atoms with Crippen LogP contribution in [0.1, 0.15) is 22.9 Å². The molecule has 3 nitrogen and oxygen atoms in total. The molecule has 1 heterocycles. The van der Waals surface area contributed by atoms with E-state index in [0.717, 1.165) is 22.1 Å². The van der Waals surface area contributed by atoms with Crippen molar-refractivity contribution in [3.8, 4) is 0 Å². The van der Waals surface area contributed by atoms with E-state index in [1.54, 1.807) is 0 Å². The molecule has 0 saturated heterocycles. The van der Waals surface area contributed by atoms with Crippen LogP contribution >= 0.6 is 0 Å². The minimum Gasteiger partial charge on any atom is -0.459 e. The molecule has 1 aromatic heterocycles. The van der Waals surface area contributed by atoms with Crippen molar-refractivity contribution in [1.29, 1.82) is 0 Å². The van der Waals surface area contributed by atoms with Crippen LogP contribution < -0.4 is 11.3 Å². The molecule has 0 spiro atoms. The van der Waals surface area contributed by atoms with Gasteiger partial charge in [-0.25, -0.2) is 9.82 Å². The molecule has 102 valence electrons. The first-order valence-corrected chi connectivity index (χ1v) is 6.39. The number of hydrogen-bond acceptors (Lipinski definition) is 3. The van der Waals surface area contributed by atoms with Gasteiger partial charge in [-0.05, 0) is 42.3 Å². The Hall–Kier alpha value is -2.17. The van der Waals surface area contributed by atoms with E-state index in [2.05, 4.69) is 5.43 Å². The number of para-hydroxylation sites is 1. The van der Waals surface area contributed by atoms with Crippen molar-refractivity contribution >= 4 is 11.0 Å². The summed E-state index contributed by atoms with van der Waals surface area (Å²) in [6.07, 6.45) is 0. The highest BCUT2D eigenvalue weighted by Crippen LogP contribution is 2.28. The predicted molar refractivity (Wildman–Crippen MR) is 76.5 cm³/mol. The highest BCUT2D eigenvalue weighted by Gasteiger charge is 2.18. The summed E-state index contributed by atoms with van der Waals surface area (Å²) in [6.45, 7) is 1.85. The maximum atomic E-state index is 13.5. The van der Waals surface area contributed by atoms with Crippen molar-refractivity contribution in [3.05, 3.63) is 71.2 Å². The second kappa shape index (κ2) is 5.07. The first-order valence-electron chi connectivity index (χ1n) is 6.39. The molecule has 3 aromatic rings. The van der Waals surface area contributed by atoms with Crippen molar-refractivity contribution in [2.75, 3.05) is 0 Å². The fourth-order valence-electron chi connectivity index (χ4n) is 2.42. The molecule has 1 atom stereocenters. The summed E-state index contributed by atoms with van der Waals surface area (Å²) in [5.74, 6) is 6.01. The normalized spacial score (nSPS) is 12.8. The van der Waals surface area contributed by atoms with Crippen LogP contribution in [0.25, 0.3) is 11.0 Å². The number of fused-ring (bicyclic) bond motifs is 1. The summed E-state index contributed by atoms with van der Waals surface area (Å²) in [5, 5.41) is 0.996. The zero-order valence-corrected chi connectivity index (χ0v) is 11.1. The van der Waals surface area contributed by atoms with Crippen LogP contribution in [0.15, 0.2) is 52.9 Å². The first-order chi connectivity index (χ1) is 9.67. The Balaban J connectivity index is 2.08. The second-order valence-corrected chi connectivity index (χ2v) is 4.85. The Morgan fingerprint density at radius 1 is 1.15 bits per heavy atom. The van der Waals surface area contributed by atoms with Gasteiger partial charge < -0.3 is 4.42 Å². The van der Waals surface area contributed by atoms with Crippen LogP contribution in [0, 0.1) is 12.7 Å². The molecule has 20 heavy (non-hydrogen) atoms.